The van der Waals surface area contributed by atoms with E-state index in [2.05, 4.69) is 10.3 Å². The van der Waals surface area contributed by atoms with E-state index in [1.165, 1.54) is 0 Å². The Morgan fingerprint density at radius 3 is 3.06 bits per heavy atom. The lowest BCUT2D eigenvalue weighted by atomic mass is 10.2. The molecular formula is C12H13ClN2O. The van der Waals surface area contributed by atoms with Gasteiger partial charge in [0.2, 0.25) is 0 Å². The zero-order chi connectivity index (χ0) is 11.4. The van der Waals surface area contributed by atoms with Crippen LogP contribution in [0.4, 0.5) is 0 Å². The maximum atomic E-state index is 5.91. The van der Waals surface area contributed by atoms with Crippen LogP contribution in [0.1, 0.15) is 5.89 Å². The SMILES string of the molecule is CNCCc1ncc(-c2cccc(Cl)c2)o1. The lowest BCUT2D eigenvalue weighted by Gasteiger charge is -1.97. The van der Waals surface area contributed by atoms with Crippen molar-refractivity contribution < 1.29 is 4.42 Å². The Morgan fingerprint density at radius 1 is 1.44 bits per heavy atom. The van der Waals surface area contributed by atoms with Crippen molar-refractivity contribution in [2.45, 2.75) is 6.42 Å². The number of hydrogen-bond donors (Lipinski definition) is 1. The van der Waals surface area contributed by atoms with E-state index in [4.69, 9.17) is 16.0 Å². The minimum absolute atomic E-state index is 0.700. The van der Waals surface area contributed by atoms with E-state index < -0.39 is 0 Å². The molecule has 0 saturated heterocycles. The van der Waals surface area contributed by atoms with Gasteiger partial charge < -0.3 is 9.73 Å². The van der Waals surface area contributed by atoms with Crippen molar-refractivity contribution in [2.24, 2.45) is 0 Å². The van der Waals surface area contributed by atoms with Crippen LogP contribution in [-0.4, -0.2) is 18.6 Å². The van der Waals surface area contributed by atoms with Gasteiger partial charge in [-0.2, -0.15) is 0 Å². The number of nitrogens with one attached hydrogen (secondary N) is 1. The summed E-state index contributed by atoms with van der Waals surface area (Å²) in [5.41, 5.74) is 0.954. The van der Waals surface area contributed by atoms with Crippen LogP contribution in [0.25, 0.3) is 11.3 Å². The number of rotatable bonds is 4. The minimum Gasteiger partial charge on any atom is -0.441 e. The summed E-state index contributed by atoms with van der Waals surface area (Å²) in [5.74, 6) is 1.50. The van der Waals surface area contributed by atoms with E-state index in [0.717, 1.165) is 30.2 Å². The standard InChI is InChI=1S/C12H13ClN2O/c1-14-6-5-12-15-8-11(16-12)9-3-2-4-10(13)7-9/h2-4,7-8,14H,5-6H2,1H3. The van der Waals surface area contributed by atoms with Gasteiger partial charge in [0.05, 0.1) is 6.20 Å². The monoisotopic (exact) mass is 236 g/mol. The van der Waals surface area contributed by atoms with E-state index in [0.29, 0.717) is 5.02 Å². The summed E-state index contributed by atoms with van der Waals surface area (Å²) in [6.07, 6.45) is 2.52. The first-order valence-corrected chi connectivity index (χ1v) is 5.52. The number of aromatic nitrogens is 1. The van der Waals surface area contributed by atoms with Crippen LogP contribution in [0.3, 0.4) is 0 Å². The first kappa shape index (κ1) is 11.2. The van der Waals surface area contributed by atoms with E-state index in [9.17, 15) is 0 Å². The molecule has 16 heavy (non-hydrogen) atoms. The van der Waals surface area contributed by atoms with Crippen LogP contribution in [0, 0.1) is 0 Å². The first-order valence-electron chi connectivity index (χ1n) is 5.15. The van der Waals surface area contributed by atoms with Crippen LogP contribution >= 0.6 is 11.6 Å². The fraction of sp³-hybridized carbons (Fsp3) is 0.250. The molecule has 0 spiro atoms. The molecule has 0 aliphatic heterocycles. The van der Waals surface area contributed by atoms with Gasteiger partial charge in [0.25, 0.3) is 0 Å². The number of benzene rings is 1. The molecule has 0 saturated carbocycles. The predicted octanol–water partition coefficient (Wildman–Crippen LogP) is 2.76. The maximum absolute atomic E-state index is 5.91. The van der Waals surface area contributed by atoms with E-state index in [-0.39, 0.29) is 0 Å². The molecule has 1 N–H and O–H groups in total. The fourth-order valence-electron chi connectivity index (χ4n) is 1.43. The van der Waals surface area contributed by atoms with Crippen LogP contribution in [0.5, 0.6) is 0 Å². The Hall–Kier alpha value is -1.32. The van der Waals surface area contributed by atoms with Gasteiger partial charge in [0, 0.05) is 23.6 Å². The van der Waals surface area contributed by atoms with Crippen LogP contribution < -0.4 is 5.32 Å². The summed E-state index contributed by atoms with van der Waals surface area (Å²) >= 11 is 5.91. The van der Waals surface area contributed by atoms with Gasteiger partial charge in [-0.25, -0.2) is 4.98 Å². The number of likely N-dealkylation sites (N-methyl/N-ethyl adjacent to an activating group) is 1. The average Bonchev–Trinajstić information content (AvgIpc) is 2.75. The summed E-state index contributed by atoms with van der Waals surface area (Å²) < 4.78 is 5.62. The topological polar surface area (TPSA) is 38.1 Å². The van der Waals surface area contributed by atoms with Crippen molar-refractivity contribution in [3.8, 4) is 11.3 Å². The van der Waals surface area contributed by atoms with Crippen LogP contribution in [0.2, 0.25) is 5.02 Å². The Labute approximate surface area is 99.5 Å². The quantitative estimate of drug-likeness (QED) is 0.887. The molecule has 0 amide bonds. The lowest BCUT2D eigenvalue weighted by Crippen LogP contribution is -2.10. The van der Waals surface area contributed by atoms with E-state index in [1.54, 1.807) is 6.20 Å². The average molecular weight is 237 g/mol. The first-order chi connectivity index (χ1) is 7.79. The second-order valence-corrected chi connectivity index (χ2v) is 3.92. The second kappa shape index (κ2) is 5.14. The Morgan fingerprint density at radius 2 is 2.31 bits per heavy atom. The molecule has 0 aliphatic rings. The molecule has 1 aromatic heterocycles. The summed E-state index contributed by atoms with van der Waals surface area (Å²) in [5, 5.41) is 3.75. The molecule has 2 aromatic rings. The summed E-state index contributed by atoms with van der Waals surface area (Å²) in [4.78, 5) is 4.21. The fourth-order valence-corrected chi connectivity index (χ4v) is 1.62. The van der Waals surface area contributed by atoms with Gasteiger partial charge in [0.15, 0.2) is 11.7 Å². The van der Waals surface area contributed by atoms with Gasteiger partial charge >= 0.3 is 0 Å². The van der Waals surface area contributed by atoms with Gasteiger partial charge in [0.1, 0.15) is 0 Å². The van der Waals surface area contributed by atoms with Crippen molar-refractivity contribution in [1.82, 2.24) is 10.3 Å². The molecule has 0 bridgehead atoms. The molecule has 0 unspecified atom stereocenters. The largest absolute Gasteiger partial charge is 0.441 e. The molecule has 2 rings (SSSR count). The molecule has 0 atom stereocenters. The summed E-state index contributed by atoms with van der Waals surface area (Å²) in [6, 6.07) is 7.55. The van der Waals surface area contributed by atoms with Gasteiger partial charge in [-0.15, -0.1) is 0 Å². The van der Waals surface area contributed by atoms with Gasteiger partial charge in [-0.3, -0.25) is 0 Å². The Bertz CT molecular complexity index is 468. The van der Waals surface area contributed by atoms with Crippen molar-refractivity contribution in [3.05, 3.63) is 41.4 Å². The second-order valence-electron chi connectivity index (χ2n) is 3.48. The van der Waals surface area contributed by atoms with E-state index >= 15 is 0 Å². The zero-order valence-electron chi connectivity index (χ0n) is 9.03. The normalized spacial score (nSPS) is 10.6. The molecule has 0 radical (unpaired) electrons. The number of hydrogen-bond acceptors (Lipinski definition) is 3. The number of halogens is 1. The minimum atomic E-state index is 0.700. The third-order valence-corrected chi connectivity index (χ3v) is 2.49. The lowest BCUT2D eigenvalue weighted by molar-refractivity contribution is 0.501. The molecule has 3 nitrogen and oxygen atoms in total. The highest BCUT2D eigenvalue weighted by atomic mass is 35.5. The van der Waals surface area contributed by atoms with Crippen molar-refractivity contribution >= 4 is 11.6 Å². The van der Waals surface area contributed by atoms with Crippen LogP contribution in [0.15, 0.2) is 34.9 Å². The molecule has 4 heteroatoms. The predicted molar refractivity (Wildman–Crippen MR) is 64.6 cm³/mol. The van der Waals surface area contributed by atoms with Crippen molar-refractivity contribution in [3.63, 3.8) is 0 Å². The highest BCUT2D eigenvalue weighted by Gasteiger charge is 2.05. The third-order valence-electron chi connectivity index (χ3n) is 2.25. The zero-order valence-corrected chi connectivity index (χ0v) is 9.79. The molecular weight excluding hydrogens is 224 g/mol. The third kappa shape index (κ3) is 2.62. The summed E-state index contributed by atoms with van der Waals surface area (Å²) in [7, 11) is 1.90. The van der Waals surface area contributed by atoms with Crippen molar-refractivity contribution in [1.29, 1.82) is 0 Å². The smallest absolute Gasteiger partial charge is 0.196 e. The summed E-state index contributed by atoms with van der Waals surface area (Å²) in [6.45, 7) is 0.857. The highest BCUT2D eigenvalue weighted by Crippen LogP contribution is 2.23. The molecule has 84 valence electrons. The number of nitrogens with zero attached hydrogens (tertiary/aromatic N) is 1. The van der Waals surface area contributed by atoms with Crippen molar-refractivity contribution in [2.75, 3.05) is 13.6 Å². The van der Waals surface area contributed by atoms with Crippen LogP contribution in [-0.2, 0) is 6.42 Å². The molecule has 1 aromatic carbocycles. The molecule has 0 fully saturated rings. The highest BCUT2D eigenvalue weighted by molar-refractivity contribution is 6.30. The molecule has 1 heterocycles. The Balaban J connectivity index is 2.18. The van der Waals surface area contributed by atoms with Gasteiger partial charge in [-0.1, -0.05) is 23.7 Å². The van der Waals surface area contributed by atoms with Gasteiger partial charge in [-0.05, 0) is 19.2 Å². The van der Waals surface area contributed by atoms with E-state index in [1.807, 2.05) is 31.3 Å². The molecule has 0 aliphatic carbocycles. The number of oxazole rings is 1. The maximum Gasteiger partial charge on any atom is 0.196 e. The Kier molecular flexibility index (Phi) is 3.59.